The number of hydrogen-bond donors (Lipinski definition) is 0. The van der Waals surface area contributed by atoms with Gasteiger partial charge in [-0.1, -0.05) is 42.5 Å². The summed E-state index contributed by atoms with van der Waals surface area (Å²) in [6, 6.07) is 9.82. The van der Waals surface area contributed by atoms with Crippen molar-refractivity contribution in [3.05, 3.63) is 42.0 Å². The second-order valence-corrected chi connectivity index (χ2v) is 4.59. The second-order valence-electron chi connectivity index (χ2n) is 4.59. The molecule has 0 aliphatic heterocycles. The van der Waals surface area contributed by atoms with E-state index >= 15 is 0 Å². The van der Waals surface area contributed by atoms with Gasteiger partial charge in [0.2, 0.25) is 0 Å². The number of carbonyl (C=O) groups is 2. The highest BCUT2D eigenvalue weighted by atomic mass is 16.5. The van der Waals surface area contributed by atoms with Crippen molar-refractivity contribution in [2.24, 2.45) is 0 Å². The summed E-state index contributed by atoms with van der Waals surface area (Å²) in [5, 5.41) is 0. The Morgan fingerprint density at radius 1 is 1.00 bits per heavy atom. The monoisotopic (exact) mass is 305 g/mol. The van der Waals surface area contributed by atoms with E-state index in [1.54, 1.807) is 18.7 Å². The van der Waals surface area contributed by atoms with Crippen molar-refractivity contribution in [2.75, 3.05) is 32.8 Å². The summed E-state index contributed by atoms with van der Waals surface area (Å²) in [6.07, 6.45) is 3.86. The number of hydrogen-bond acceptors (Lipinski definition) is 5. The molecule has 1 aromatic carbocycles. The van der Waals surface area contributed by atoms with Gasteiger partial charge < -0.3 is 9.47 Å². The zero-order chi connectivity index (χ0) is 16.2. The van der Waals surface area contributed by atoms with Crippen LogP contribution in [0, 0.1) is 0 Å². The van der Waals surface area contributed by atoms with E-state index in [0.29, 0.717) is 19.8 Å². The SMILES string of the molecule is CCOC(=O)CN(C/C=C/c1ccccc1)CC(=O)OCC. The molecule has 5 nitrogen and oxygen atoms in total. The highest BCUT2D eigenvalue weighted by Gasteiger charge is 2.14. The van der Waals surface area contributed by atoms with Crippen molar-refractivity contribution >= 4 is 18.0 Å². The predicted molar refractivity (Wildman–Crippen MR) is 85.2 cm³/mol. The predicted octanol–water partition coefficient (Wildman–Crippen LogP) is 2.13. The van der Waals surface area contributed by atoms with Crippen molar-refractivity contribution in [1.82, 2.24) is 4.90 Å². The smallest absolute Gasteiger partial charge is 0.320 e. The summed E-state index contributed by atoms with van der Waals surface area (Å²) in [4.78, 5) is 24.9. The largest absolute Gasteiger partial charge is 0.465 e. The minimum Gasteiger partial charge on any atom is -0.465 e. The van der Waals surface area contributed by atoms with Crippen molar-refractivity contribution in [3.8, 4) is 0 Å². The number of carbonyl (C=O) groups excluding carboxylic acids is 2. The summed E-state index contributed by atoms with van der Waals surface area (Å²) in [7, 11) is 0. The number of ether oxygens (including phenoxy) is 2. The fourth-order valence-electron chi connectivity index (χ4n) is 1.87. The molecule has 0 heterocycles. The Bertz CT molecular complexity index is 465. The molecule has 0 fully saturated rings. The molecule has 1 aromatic rings. The van der Waals surface area contributed by atoms with Crippen LogP contribution in [0.3, 0.4) is 0 Å². The summed E-state index contributed by atoms with van der Waals surface area (Å²) in [5.41, 5.74) is 1.06. The molecule has 0 radical (unpaired) electrons. The summed E-state index contributed by atoms with van der Waals surface area (Å²) in [5.74, 6) is -0.695. The quantitative estimate of drug-likeness (QED) is 0.654. The molecular weight excluding hydrogens is 282 g/mol. The van der Waals surface area contributed by atoms with E-state index in [2.05, 4.69) is 0 Å². The second kappa shape index (κ2) is 10.6. The highest BCUT2D eigenvalue weighted by molar-refractivity contribution is 5.75. The van der Waals surface area contributed by atoms with E-state index in [9.17, 15) is 9.59 Å². The molecule has 0 aliphatic rings. The Hall–Kier alpha value is -2.14. The molecule has 0 bridgehead atoms. The minimum absolute atomic E-state index is 0.0613. The maximum Gasteiger partial charge on any atom is 0.320 e. The lowest BCUT2D eigenvalue weighted by atomic mass is 10.2. The van der Waals surface area contributed by atoms with Gasteiger partial charge in [0.1, 0.15) is 0 Å². The third kappa shape index (κ3) is 7.59. The van der Waals surface area contributed by atoms with Gasteiger partial charge in [0.25, 0.3) is 0 Å². The van der Waals surface area contributed by atoms with Crippen LogP contribution in [-0.4, -0.2) is 49.7 Å². The molecule has 0 aromatic heterocycles. The zero-order valence-corrected chi connectivity index (χ0v) is 13.2. The highest BCUT2D eigenvalue weighted by Crippen LogP contribution is 2.02. The first-order chi connectivity index (χ1) is 10.7. The Kier molecular flexibility index (Phi) is 8.60. The normalized spacial score (nSPS) is 10.9. The Labute approximate surface area is 131 Å². The number of benzene rings is 1. The van der Waals surface area contributed by atoms with Gasteiger partial charge in [0, 0.05) is 6.54 Å². The van der Waals surface area contributed by atoms with Gasteiger partial charge in [0.15, 0.2) is 0 Å². The third-order valence-electron chi connectivity index (χ3n) is 2.79. The molecule has 5 heteroatoms. The van der Waals surface area contributed by atoms with Crippen LogP contribution >= 0.6 is 0 Å². The van der Waals surface area contributed by atoms with Gasteiger partial charge in [-0.2, -0.15) is 0 Å². The molecule has 0 unspecified atom stereocenters. The lowest BCUT2D eigenvalue weighted by Gasteiger charge is -2.18. The zero-order valence-electron chi connectivity index (χ0n) is 13.2. The van der Waals surface area contributed by atoms with Crippen LogP contribution in [0.1, 0.15) is 19.4 Å². The Morgan fingerprint density at radius 3 is 2.05 bits per heavy atom. The Balaban J connectivity index is 2.58. The first-order valence-corrected chi connectivity index (χ1v) is 7.40. The van der Waals surface area contributed by atoms with Crippen LogP contribution in [-0.2, 0) is 19.1 Å². The summed E-state index contributed by atoms with van der Waals surface area (Å²) < 4.78 is 9.84. The molecule has 0 amide bonds. The Morgan fingerprint density at radius 2 is 1.55 bits per heavy atom. The van der Waals surface area contributed by atoms with Crippen molar-refractivity contribution in [2.45, 2.75) is 13.8 Å². The molecular formula is C17H23NO4. The molecule has 0 N–H and O–H groups in total. The topological polar surface area (TPSA) is 55.8 Å². The standard InChI is InChI=1S/C17H23NO4/c1-3-21-16(19)13-18(14-17(20)22-4-2)12-8-11-15-9-6-5-7-10-15/h5-11H,3-4,12-14H2,1-2H3/b11-8+. The number of esters is 2. The molecule has 0 saturated carbocycles. The van der Waals surface area contributed by atoms with E-state index in [-0.39, 0.29) is 25.0 Å². The summed E-state index contributed by atoms with van der Waals surface area (Å²) >= 11 is 0. The minimum atomic E-state index is -0.347. The van der Waals surface area contributed by atoms with Gasteiger partial charge in [-0.25, -0.2) is 0 Å². The molecule has 120 valence electrons. The molecule has 0 saturated heterocycles. The average molecular weight is 305 g/mol. The average Bonchev–Trinajstić information content (AvgIpc) is 2.48. The van der Waals surface area contributed by atoms with Crippen LogP contribution in [0.15, 0.2) is 36.4 Å². The van der Waals surface area contributed by atoms with Gasteiger partial charge in [-0.3, -0.25) is 14.5 Å². The van der Waals surface area contributed by atoms with Crippen molar-refractivity contribution < 1.29 is 19.1 Å². The maximum absolute atomic E-state index is 11.6. The molecule has 0 atom stereocenters. The molecule has 22 heavy (non-hydrogen) atoms. The molecule has 1 rings (SSSR count). The van der Waals surface area contributed by atoms with Gasteiger partial charge >= 0.3 is 11.9 Å². The van der Waals surface area contributed by atoms with Gasteiger partial charge in [-0.05, 0) is 19.4 Å². The van der Waals surface area contributed by atoms with E-state index in [0.717, 1.165) is 5.56 Å². The van der Waals surface area contributed by atoms with E-state index in [4.69, 9.17) is 9.47 Å². The van der Waals surface area contributed by atoms with Crippen LogP contribution in [0.25, 0.3) is 6.08 Å². The van der Waals surface area contributed by atoms with E-state index < -0.39 is 0 Å². The molecule has 0 spiro atoms. The fraction of sp³-hybridized carbons (Fsp3) is 0.412. The van der Waals surface area contributed by atoms with Crippen LogP contribution < -0.4 is 0 Å². The van der Waals surface area contributed by atoms with Crippen LogP contribution in [0.5, 0.6) is 0 Å². The van der Waals surface area contributed by atoms with Gasteiger partial charge in [0.05, 0.1) is 26.3 Å². The number of nitrogens with zero attached hydrogens (tertiary/aromatic N) is 1. The lowest BCUT2D eigenvalue weighted by molar-refractivity contribution is -0.147. The molecule has 0 aliphatic carbocycles. The van der Waals surface area contributed by atoms with E-state index in [1.165, 1.54) is 0 Å². The first-order valence-electron chi connectivity index (χ1n) is 7.40. The number of rotatable bonds is 9. The first kappa shape index (κ1) is 17.9. The van der Waals surface area contributed by atoms with Gasteiger partial charge in [-0.15, -0.1) is 0 Å². The van der Waals surface area contributed by atoms with Crippen LogP contribution in [0.4, 0.5) is 0 Å². The van der Waals surface area contributed by atoms with E-state index in [1.807, 2.05) is 42.5 Å². The van der Waals surface area contributed by atoms with Crippen molar-refractivity contribution in [1.29, 1.82) is 0 Å². The van der Waals surface area contributed by atoms with Crippen molar-refractivity contribution in [3.63, 3.8) is 0 Å². The van der Waals surface area contributed by atoms with Crippen LogP contribution in [0.2, 0.25) is 0 Å². The maximum atomic E-state index is 11.6. The lowest BCUT2D eigenvalue weighted by Crippen LogP contribution is -2.36. The summed E-state index contributed by atoms with van der Waals surface area (Å²) in [6.45, 7) is 4.74. The fourth-order valence-corrected chi connectivity index (χ4v) is 1.87. The third-order valence-corrected chi connectivity index (χ3v) is 2.79.